The summed E-state index contributed by atoms with van der Waals surface area (Å²) in [7, 11) is -9.69. The summed E-state index contributed by atoms with van der Waals surface area (Å²) < 4.78 is 47.6. The maximum absolute atomic E-state index is 12.6. The molecule has 0 saturated heterocycles. The molecule has 0 aromatic carbocycles. The van der Waals surface area contributed by atoms with E-state index in [2.05, 4.69) is 22.0 Å². The van der Waals surface area contributed by atoms with Gasteiger partial charge >= 0.3 is 27.6 Å². The molecule has 0 rings (SSSR count). The third-order valence-electron chi connectivity index (χ3n) is 8.61. The Hall–Kier alpha value is -1.70. The van der Waals surface area contributed by atoms with Crippen molar-refractivity contribution < 1.29 is 66.7 Å². The number of allylic oxidation sites excluding steroid dienone is 4. The molecule has 16 heteroatoms. The largest absolute Gasteiger partial charge is 0.472 e. The number of carbonyl (C=O) groups excluding carboxylic acids is 2. The minimum absolute atomic E-state index is 0.0862. The van der Waals surface area contributed by atoms with E-state index in [9.17, 15) is 33.8 Å². The van der Waals surface area contributed by atoms with Crippen molar-refractivity contribution in [1.82, 2.24) is 0 Å². The lowest BCUT2D eigenvalue weighted by Gasteiger charge is -2.20. The number of esters is 2. The normalized spacial score (nSPS) is 15.1. The molecule has 0 saturated carbocycles. The van der Waals surface area contributed by atoms with Crippen LogP contribution in [0.25, 0.3) is 0 Å². The molecule has 4 atom stereocenters. The summed E-state index contributed by atoms with van der Waals surface area (Å²) in [6.07, 6.45) is 30.4. The Morgan fingerprint density at radius 2 is 1.11 bits per heavy atom. The molecule has 0 aliphatic heterocycles. The molecule has 0 aliphatic rings. The fourth-order valence-corrected chi connectivity index (χ4v) is 6.60. The number of rotatable bonds is 39. The van der Waals surface area contributed by atoms with Crippen LogP contribution in [0.15, 0.2) is 36.5 Å². The zero-order valence-corrected chi connectivity index (χ0v) is 35.9. The summed E-state index contributed by atoms with van der Waals surface area (Å²) in [5, 5.41) is 19.6. The van der Waals surface area contributed by atoms with Crippen LogP contribution in [0.3, 0.4) is 0 Å². The first kappa shape index (κ1) is 54.3. The topological polar surface area (TPSA) is 216 Å². The highest BCUT2D eigenvalue weighted by atomic mass is 31.2. The van der Waals surface area contributed by atoms with Gasteiger partial charge in [0.05, 0.1) is 25.9 Å². The summed E-state index contributed by atoms with van der Waals surface area (Å²) in [6, 6.07) is 0. The van der Waals surface area contributed by atoms with E-state index >= 15 is 0 Å². The van der Waals surface area contributed by atoms with Crippen LogP contribution in [-0.2, 0) is 41.8 Å². The third-order valence-corrected chi connectivity index (χ3v) is 10.0. The van der Waals surface area contributed by atoms with Crippen LogP contribution in [0.5, 0.6) is 0 Å². The van der Waals surface area contributed by atoms with Crippen LogP contribution in [-0.4, -0.2) is 81.6 Å². The second-order valence-electron chi connectivity index (χ2n) is 14.1. The number of unbranched alkanes of at least 4 members (excludes halogenated alkanes) is 17. The van der Waals surface area contributed by atoms with E-state index in [4.69, 9.17) is 23.8 Å². The van der Waals surface area contributed by atoms with E-state index in [0.29, 0.717) is 19.3 Å². The van der Waals surface area contributed by atoms with E-state index < -0.39 is 72.3 Å². The molecule has 2 unspecified atom stereocenters. The molecule has 0 aliphatic carbocycles. The van der Waals surface area contributed by atoms with E-state index in [1.54, 1.807) is 6.08 Å². The van der Waals surface area contributed by atoms with Gasteiger partial charge in [-0.05, 0) is 38.5 Å². The number of phosphoric ester groups is 2. The van der Waals surface area contributed by atoms with Crippen molar-refractivity contribution in [2.75, 3.05) is 26.4 Å². The van der Waals surface area contributed by atoms with Gasteiger partial charge in [0, 0.05) is 12.8 Å². The quantitative estimate of drug-likeness (QED) is 0.0128. The fraction of sp³-hybridized carbons (Fsp3) is 0.800. The molecule has 56 heavy (non-hydrogen) atoms. The molecule has 328 valence electrons. The zero-order valence-electron chi connectivity index (χ0n) is 34.1. The van der Waals surface area contributed by atoms with Gasteiger partial charge in [-0.15, -0.1) is 0 Å². The summed E-state index contributed by atoms with van der Waals surface area (Å²) in [6.45, 7) is 1.50. The van der Waals surface area contributed by atoms with Crippen molar-refractivity contribution in [3.8, 4) is 0 Å². The number of ether oxygens (including phenoxy) is 2. The van der Waals surface area contributed by atoms with E-state index in [1.807, 2.05) is 31.2 Å². The Morgan fingerprint density at radius 3 is 1.68 bits per heavy atom. The van der Waals surface area contributed by atoms with Crippen LogP contribution in [0.1, 0.15) is 162 Å². The summed E-state index contributed by atoms with van der Waals surface area (Å²) in [5.74, 6) is -1.08. The Kier molecular flexibility index (Phi) is 35.3. The minimum atomic E-state index is -4.87. The molecule has 0 bridgehead atoms. The van der Waals surface area contributed by atoms with Gasteiger partial charge in [0.25, 0.3) is 0 Å². The van der Waals surface area contributed by atoms with Crippen molar-refractivity contribution in [2.45, 2.75) is 180 Å². The Labute approximate surface area is 336 Å². The second kappa shape index (κ2) is 36.4. The lowest BCUT2D eigenvalue weighted by molar-refractivity contribution is -0.161. The summed E-state index contributed by atoms with van der Waals surface area (Å²) >= 11 is 0. The van der Waals surface area contributed by atoms with Crippen LogP contribution in [0.4, 0.5) is 0 Å². The van der Waals surface area contributed by atoms with Gasteiger partial charge < -0.3 is 34.4 Å². The molecule has 0 amide bonds. The van der Waals surface area contributed by atoms with Crippen molar-refractivity contribution in [3.63, 3.8) is 0 Å². The van der Waals surface area contributed by atoms with Gasteiger partial charge in [-0.3, -0.25) is 23.2 Å². The van der Waals surface area contributed by atoms with E-state index in [1.165, 1.54) is 57.8 Å². The molecule has 0 heterocycles. The monoisotopic (exact) mass is 840 g/mol. The molecule has 14 nitrogen and oxygen atoms in total. The predicted molar refractivity (Wildman–Crippen MR) is 218 cm³/mol. The van der Waals surface area contributed by atoms with Gasteiger partial charge in [-0.2, -0.15) is 0 Å². The number of aliphatic hydroxyl groups is 2. The molecular weight excluding hydrogens is 766 g/mol. The molecule has 0 fully saturated rings. The zero-order chi connectivity index (χ0) is 41.8. The Bertz CT molecular complexity index is 1160. The minimum Gasteiger partial charge on any atom is -0.462 e. The van der Waals surface area contributed by atoms with E-state index in [-0.39, 0.29) is 12.8 Å². The highest BCUT2D eigenvalue weighted by molar-refractivity contribution is 7.47. The van der Waals surface area contributed by atoms with Gasteiger partial charge in [-0.25, -0.2) is 9.13 Å². The Balaban J connectivity index is 4.61. The molecule has 0 aromatic heterocycles. The smallest absolute Gasteiger partial charge is 0.462 e. The second-order valence-corrected chi connectivity index (χ2v) is 16.8. The first-order chi connectivity index (χ1) is 26.8. The molecular formula is C40H74O14P2. The van der Waals surface area contributed by atoms with Crippen molar-refractivity contribution in [2.24, 2.45) is 0 Å². The number of aliphatic hydroxyl groups excluding tert-OH is 2. The summed E-state index contributed by atoms with van der Waals surface area (Å²) in [4.78, 5) is 52.6. The Morgan fingerprint density at radius 1 is 0.589 bits per heavy atom. The standard InChI is InChI=1S/C40H74O14P2/c1-3-5-7-8-9-10-11-12-13-16-19-22-26-30-39(43)50-34-38(35-53-56(48,49)52-33-37(42)32-51-55(45,46)47)54-40(44)31-27-23-20-17-14-15-18-21-25-29-36(41)28-24-6-4-2/h6,18,21,24-25,29,36-38,41-42H,3-5,7-17,19-20,22-23,26-28,30-35H2,1-2H3,(H,48,49)(H2,45,46,47)/b21-18+,24-6+,29-25+/t36?,37-,38+/m0/s1. The maximum atomic E-state index is 12.6. The first-order valence-electron chi connectivity index (χ1n) is 20.8. The number of hydrogen-bond acceptors (Lipinski definition) is 11. The number of hydrogen-bond donors (Lipinski definition) is 5. The van der Waals surface area contributed by atoms with Crippen LogP contribution < -0.4 is 0 Å². The predicted octanol–water partition coefficient (Wildman–Crippen LogP) is 9.09. The molecule has 0 radical (unpaired) electrons. The van der Waals surface area contributed by atoms with Crippen molar-refractivity contribution >= 4 is 27.6 Å². The van der Waals surface area contributed by atoms with Gasteiger partial charge in [-0.1, -0.05) is 147 Å². The highest BCUT2D eigenvalue weighted by Gasteiger charge is 2.28. The molecule has 0 aromatic rings. The third kappa shape index (κ3) is 39.1. The van der Waals surface area contributed by atoms with Gasteiger partial charge in [0.2, 0.25) is 0 Å². The van der Waals surface area contributed by atoms with Gasteiger partial charge in [0.15, 0.2) is 6.10 Å². The highest BCUT2D eigenvalue weighted by Crippen LogP contribution is 2.43. The summed E-state index contributed by atoms with van der Waals surface area (Å²) in [5.41, 5.74) is 0. The number of phosphoric acid groups is 2. The van der Waals surface area contributed by atoms with Crippen LogP contribution >= 0.6 is 15.6 Å². The molecule has 5 N–H and O–H groups in total. The van der Waals surface area contributed by atoms with E-state index in [0.717, 1.165) is 57.8 Å². The van der Waals surface area contributed by atoms with Gasteiger partial charge in [0.1, 0.15) is 12.7 Å². The van der Waals surface area contributed by atoms with Crippen molar-refractivity contribution in [1.29, 1.82) is 0 Å². The lowest BCUT2D eigenvalue weighted by atomic mass is 10.0. The molecule has 0 spiro atoms. The average Bonchev–Trinajstić information content (AvgIpc) is 3.15. The van der Waals surface area contributed by atoms with Crippen LogP contribution in [0, 0.1) is 0 Å². The average molecular weight is 841 g/mol. The number of carbonyl (C=O) groups is 2. The first-order valence-corrected chi connectivity index (χ1v) is 23.8. The SMILES string of the molecule is CC/C=C/CC(O)/C=C/C=C/CCCCCCCC(=O)O[C@H](COC(=O)CCCCCCCCCCCCCCC)COP(=O)(O)OC[C@@H](O)COP(=O)(O)O. The maximum Gasteiger partial charge on any atom is 0.472 e. The fourth-order valence-electron chi connectivity index (χ4n) is 5.44. The van der Waals surface area contributed by atoms with Crippen molar-refractivity contribution in [3.05, 3.63) is 36.5 Å². The van der Waals surface area contributed by atoms with Crippen LogP contribution in [0.2, 0.25) is 0 Å². The lowest BCUT2D eigenvalue weighted by Crippen LogP contribution is -2.30.